The number of aromatic hydroxyl groups is 1. The number of hydrogen-bond donors (Lipinski definition) is 1. The lowest BCUT2D eigenvalue weighted by atomic mass is 10.1. The number of phenolic OH excluding ortho intramolecular Hbond substituents is 1. The van der Waals surface area contributed by atoms with Crippen LogP contribution in [0, 0.1) is 6.92 Å². The van der Waals surface area contributed by atoms with Crippen molar-refractivity contribution in [3.8, 4) is 5.75 Å². The maximum Gasteiger partial charge on any atom is 0.121 e. The predicted octanol–water partition coefficient (Wildman–Crippen LogP) is 3.65. The summed E-state index contributed by atoms with van der Waals surface area (Å²) in [5, 5.41) is 12.8. The highest BCUT2D eigenvalue weighted by molar-refractivity contribution is 7.17. The number of phenols is 1. The van der Waals surface area contributed by atoms with Gasteiger partial charge in [-0.25, -0.2) is 0 Å². The average molecular weight is 213 g/mol. The normalized spacial score (nSPS) is 10.9. The predicted molar refractivity (Wildman–Crippen MR) is 57.8 cm³/mol. The van der Waals surface area contributed by atoms with E-state index < -0.39 is 0 Å². The van der Waals surface area contributed by atoms with E-state index in [0.717, 1.165) is 10.3 Å². The van der Waals surface area contributed by atoms with Crippen molar-refractivity contribution < 1.29 is 5.11 Å². The number of aryl methyl sites for hydroxylation is 1. The number of fused-ring (bicyclic) bond motifs is 1. The van der Waals surface area contributed by atoms with Crippen LogP contribution < -0.4 is 0 Å². The van der Waals surface area contributed by atoms with Crippen molar-refractivity contribution in [1.29, 1.82) is 0 Å². The first-order chi connectivity index (χ1) is 6.24. The van der Waals surface area contributed by atoms with Crippen molar-refractivity contribution in [2.45, 2.75) is 12.8 Å². The van der Waals surface area contributed by atoms with Crippen LogP contribution in [0.15, 0.2) is 17.5 Å². The first kappa shape index (κ1) is 8.85. The minimum Gasteiger partial charge on any atom is -0.508 e. The van der Waals surface area contributed by atoms with E-state index in [9.17, 15) is 5.11 Å². The lowest BCUT2D eigenvalue weighted by molar-refractivity contribution is 0.472. The van der Waals surface area contributed by atoms with E-state index in [1.54, 1.807) is 17.4 Å². The van der Waals surface area contributed by atoms with Gasteiger partial charge in [0.2, 0.25) is 0 Å². The molecule has 0 radical (unpaired) electrons. The van der Waals surface area contributed by atoms with Crippen LogP contribution >= 0.6 is 22.9 Å². The van der Waals surface area contributed by atoms with Gasteiger partial charge in [0, 0.05) is 10.3 Å². The van der Waals surface area contributed by atoms with E-state index in [4.69, 9.17) is 11.6 Å². The third-order valence-corrected chi connectivity index (χ3v) is 3.59. The van der Waals surface area contributed by atoms with Gasteiger partial charge in [0.05, 0.1) is 5.88 Å². The van der Waals surface area contributed by atoms with Crippen LogP contribution in [0.4, 0.5) is 0 Å². The van der Waals surface area contributed by atoms with E-state index in [0.29, 0.717) is 11.6 Å². The van der Waals surface area contributed by atoms with Crippen molar-refractivity contribution >= 4 is 33.0 Å². The molecule has 0 aliphatic carbocycles. The van der Waals surface area contributed by atoms with Gasteiger partial charge in [0.15, 0.2) is 0 Å². The molecular formula is C10H9ClOS. The molecule has 1 aromatic heterocycles. The molecule has 0 unspecified atom stereocenters. The fourth-order valence-corrected chi connectivity index (χ4v) is 2.85. The summed E-state index contributed by atoms with van der Waals surface area (Å²) in [5.74, 6) is 0.660. The molecular weight excluding hydrogens is 204 g/mol. The topological polar surface area (TPSA) is 20.2 Å². The maximum atomic E-state index is 9.54. The van der Waals surface area contributed by atoms with Crippen LogP contribution in [-0.4, -0.2) is 5.11 Å². The average Bonchev–Trinajstić information content (AvgIpc) is 2.48. The SMILES string of the molecule is Cc1csc2c(CCl)c(O)ccc12. The Morgan fingerprint density at radius 2 is 2.23 bits per heavy atom. The summed E-state index contributed by atoms with van der Waals surface area (Å²) >= 11 is 7.40. The van der Waals surface area contributed by atoms with Gasteiger partial charge in [-0.3, -0.25) is 0 Å². The van der Waals surface area contributed by atoms with E-state index in [-0.39, 0.29) is 0 Å². The Hall–Kier alpha value is -0.730. The second-order valence-corrected chi connectivity index (χ2v) is 4.14. The number of thiophene rings is 1. The van der Waals surface area contributed by atoms with Crippen molar-refractivity contribution in [3.05, 3.63) is 28.6 Å². The standard InChI is InChI=1S/C10H9ClOS/c1-6-5-13-10-7(6)2-3-9(12)8(10)4-11/h2-3,5,12H,4H2,1H3. The molecule has 2 rings (SSSR count). The number of hydrogen-bond acceptors (Lipinski definition) is 2. The monoisotopic (exact) mass is 212 g/mol. The smallest absolute Gasteiger partial charge is 0.121 e. The first-order valence-corrected chi connectivity index (χ1v) is 5.40. The second-order valence-electron chi connectivity index (χ2n) is 2.99. The molecule has 68 valence electrons. The minimum absolute atomic E-state index is 0.296. The molecule has 0 saturated heterocycles. The highest BCUT2D eigenvalue weighted by Gasteiger charge is 2.08. The third-order valence-electron chi connectivity index (χ3n) is 2.15. The molecule has 0 aliphatic heterocycles. The summed E-state index contributed by atoms with van der Waals surface area (Å²) in [4.78, 5) is 0. The Kier molecular flexibility index (Phi) is 2.18. The maximum absolute atomic E-state index is 9.54. The number of benzene rings is 1. The number of alkyl halides is 1. The molecule has 2 aromatic rings. The fraction of sp³-hybridized carbons (Fsp3) is 0.200. The molecule has 0 saturated carbocycles. The van der Waals surface area contributed by atoms with Crippen molar-refractivity contribution in [3.63, 3.8) is 0 Å². The zero-order valence-corrected chi connectivity index (χ0v) is 8.75. The van der Waals surface area contributed by atoms with Gasteiger partial charge in [-0.15, -0.1) is 22.9 Å². The van der Waals surface area contributed by atoms with Gasteiger partial charge in [-0.05, 0) is 35.4 Å². The molecule has 0 spiro atoms. The first-order valence-electron chi connectivity index (χ1n) is 3.98. The van der Waals surface area contributed by atoms with Crippen LogP contribution in [0.25, 0.3) is 10.1 Å². The van der Waals surface area contributed by atoms with Crippen molar-refractivity contribution in [2.24, 2.45) is 0 Å². The van der Waals surface area contributed by atoms with Gasteiger partial charge in [-0.1, -0.05) is 0 Å². The fourth-order valence-electron chi connectivity index (χ4n) is 1.40. The van der Waals surface area contributed by atoms with Gasteiger partial charge in [-0.2, -0.15) is 0 Å². The Morgan fingerprint density at radius 3 is 2.92 bits per heavy atom. The molecule has 1 heterocycles. The number of rotatable bonds is 1. The summed E-state index contributed by atoms with van der Waals surface area (Å²) in [6.07, 6.45) is 0. The van der Waals surface area contributed by atoms with Crippen molar-refractivity contribution in [1.82, 2.24) is 0 Å². The zero-order chi connectivity index (χ0) is 9.42. The minimum atomic E-state index is 0.296. The van der Waals surface area contributed by atoms with E-state index in [1.807, 2.05) is 6.07 Å². The summed E-state index contributed by atoms with van der Waals surface area (Å²) in [6.45, 7) is 2.06. The number of halogens is 1. The van der Waals surface area contributed by atoms with Crippen LogP contribution in [0.5, 0.6) is 5.75 Å². The molecule has 1 aromatic carbocycles. The Bertz CT molecular complexity index is 447. The second kappa shape index (κ2) is 3.20. The van der Waals surface area contributed by atoms with Gasteiger partial charge < -0.3 is 5.11 Å². The highest BCUT2D eigenvalue weighted by atomic mass is 35.5. The van der Waals surface area contributed by atoms with Crippen LogP contribution in [0.1, 0.15) is 11.1 Å². The summed E-state index contributed by atoms with van der Waals surface area (Å²) < 4.78 is 1.10. The molecule has 0 aliphatic rings. The largest absolute Gasteiger partial charge is 0.508 e. The lowest BCUT2D eigenvalue weighted by Crippen LogP contribution is -1.79. The van der Waals surface area contributed by atoms with E-state index >= 15 is 0 Å². The highest BCUT2D eigenvalue weighted by Crippen LogP contribution is 2.34. The Morgan fingerprint density at radius 1 is 1.46 bits per heavy atom. The molecule has 0 amide bonds. The lowest BCUT2D eigenvalue weighted by Gasteiger charge is -2.01. The van der Waals surface area contributed by atoms with Gasteiger partial charge >= 0.3 is 0 Å². The van der Waals surface area contributed by atoms with Gasteiger partial charge in [0.25, 0.3) is 0 Å². The van der Waals surface area contributed by atoms with Crippen LogP contribution in [-0.2, 0) is 5.88 Å². The molecule has 0 fully saturated rings. The van der Waals surface area contributed by atoms with Crippen LogP contribution in [0.3, 0.4) is 0 Å². The molecule has 13 heavy (non-hydrogen) atoms. The zero-order valence-electron chi connectivity index (χ0n) is 7.17. The molecule has 1 N–H and O–H groups in total. The third kappa shape index (κ3) is 1.30. The summed E-state index contributed by atoms with van der Waals surface area (Å²) in [7, 11) is 0. The Balaban J connectivity index is 2.85. The van der Waals surface area contributed by atoms with E-state index in [1.165, 1.54) is 10.9 Å². The molecule has 0 bridgehead atoms. The Labute approximate surface area is 85.6 Å². The van der Waals surface area contributed by atoms with Crippen molar-refractivity contribution in [2.75, 3.05) is 0 Å². The van der Waals surface area contributed by atoms with Gasteiger partial charge in [0.1, 0.15) is 5.75 Å². The quantitative estimate of drug-likeness (QED) is 0.716. The molecule has 0 atom stereocenters. The van der Waals surface area contributed by atoms with Crippen LogP contribution in [0.2, 0.25) is 0 Å². The van der Waals surface area contributed by atoms with E-state index in [2.05, 4.69) is 12.3 Å². The molecule has 1 nitrogen and oxygen atoms in total. The summed E-state index contributed by atoms with van der Waals surface area (Å²) in [6, 6.07) is 3.65. The summed E-state index contributed by atoms with van der Waals surface area (Å²) in [5.41, 5.74) is 2.09. The molecule has 3 heteroatoms.